The van der Waals surface area contributed by atoms with E-state index in [1.54, 1.807) is 48.5 Å². The molecule has 0 spiro atoms. The first-order valence-electron chi connectivity index (χ1n) is 8.26. The molecule has 2 aromatic rings. The summed E-state index contributed by atoms with van der Waals surface area (Å²) in [5, 5.41) is 2.76. The molecule has 0 atom stereocenters. The van der Waals surface area contributed by atoms with Gasteiger partial charge in [-0.1, -0.05) is 52.0 Å². The molecular weight excluding hydrogens is 300 g/mol. The second-order valence-corrected chi connectivity index (χ2v) is 5.64. The molecule has 4 nitrogen and oxygen atoms in total. The molecule has 3 N–H and O–H groups in total. The van der Waals surface area contributed by atoms with Crippen LogP contribution in [-0.2, 0) is 0 Å². The average molecular weight is 326 g/mol. The summed E-state index contributed by atoms with van der Waals surface area (Å²) >= 11 is 0. The molecule has 0 aliphatic carbocycles. The van der Waals surface area contributed by atoms with Crippen molar-refractivity contribution >= 4 is 23.1 Å². The van der Waals surface area contributed by atoms with Crippen LogP contribution in [0.4, 0.5) is 11.4 Å². The quantitative estimate of drug-likeness (QED) is 0.613. The van der Waals surface area contributed by atoms with Gasteiger partial charge >= 0.3 is 0 Å². The number of hydrogen-bond donors (Lipinski definition) is 2. The fourth-order valence-corrected chi connectivity index (χ4v) is 2.10. The van der Waals surface area contributed by atoms with Gasteiger partial charge in [-0.25, -0.2) is 0 Å². The number of para-hydroxylation sites is 2. The number of hydrogen-bond acceptors (Lipinski definition) is 3. The fraction of sp³-hybridized carbons (Fsp3) is 0.300. The van der Waals surface area contributed by atoms with Gasteiger partial charge in [0.1, 0.15) is 0 Å². The van der Waals surface area contributed by atoms with E-state index in [4.69, 9.17) is 5.73 Å². The minimum atomic E-state index is -0.249. The highest BCUT2D eigenvalue weighted by Crippen LogP contribution is 2.18. The Morgan fingerprint density at radius 2 is 1.50 bits per heavy atom. The number of Topliss-reactive ketones (excluding diaryl/α,β-unsaturated/α-hetero) is 1. The van der Waals surface area contributed by atoms with E-state index < -0.39 is 0 Å². The van der Waals surface area contributed by atoms with Gasteiger partial charge in [-0.3, -0.25) is 9.59 Å². The Labute approximate surface area is 144 Å². The van der Waals surface area contributed by atoms with Gasteiger partial charge in [-0.05, 0) is 30.2 Å². The zero-order chi connectivity index (χ0) is 18.1. The lowest BCUT2D eigenvalue weighted by Gasteiger charge is -2.08. The zero-order valence-electron chi connectivity index (χ0n) is 14.8. The minimum absolute atomic E-state index is 0.0919. The standard InChI is InChI=1S/C18H20N2O2.C2H6/c1-12(2)11-17(21)13-7-9-14(10-8-13)18(22)20-16-6-4-3-5-15(16)19;1-2/h3-10,12H,11,19H2,1-2H3,(H,20,22);1-2H3. The molecule has 0 heterocycles. The molecule has 1 amide bonds. The van der Waals surface area contributed by atoms with Crippen LogP contribution in [0.5, 0.6) is 0 Å². The smallest absolute Gasteiger partial charge is 0.255 e. The van der Waals surface area contributed by atoms with Crippen molar-refractivity contribution in [3.63, 3.8) is 0 Å². The lowest BCUT2D eigenvalue weighted by molar-refractivity contribution is 0.0965. The Balaban J connectivity index is 0.00000139. The van der Waals surface area contributed by atoms with E-state index in [1.165, 1.54) is 0 Å². The summed E-state index contributed by atoms with van der Waals surface area (Å²) < 4.78 is 0. The number of nitrogen functional groups attached to an aromatic ring is 1. The topological polar surface area (TPSA) is 72.2 Å². The van der Waals surface area contributed by atoms with Crippen LogP contribution in [0.2, 0.25) is 0 Å². The summed E-state index contributed by atoms with van der Waals surface area (Å²) in [5.74, 6) is 0.159. The molecule has 4 heteroatoms. The number of amides is 1. The van der Waals surface area contributed by atoms with Crippen molar-refractivity contribution in [1.29, 1.82) is 0 Å². The molecule has 0 saturated carbocycles. The first kappa shape index (κ1) is 19.4. The van der Waals surface area contributed by atoms with Crippen LogP contribution in [0.15, 0.2) is 48.5 Å². The highest BCUT2D eigenvalue weighted by Gasteiger charge is 2.11. The van der Waals surface area contributed by atoms with Crippen molar-refractivity contribution in [2.24, 2.45) is 5.92 Å². The second kappa shape index (κ2) is 9.50. The van der Waals surface area contributed by atoms with Crippen LogP contribution < -0.4 is 11.1 Å². The van der Waals surface area contributed by atoms with Crippen LogP contribution >= 0.6 is 0 Å². The van der Waals surface area contributed by atoms with Crippen molar-refractivity contribution in [3.8, 4) is 0 Å². The number of nitrogens with one attached hydrogen (secondary N) is 1. The molecular formula is C20H26N2O2. The van der Waals surface area contributed by atoms with Gasteiger partial charge < -0.3 is 11.1 Å². The number of benzene rings is 2. The Morgan fingerprint density at radius 3 is 2.04 bits per heavy atom. The van der Waals surface area contributed by atoms with Crippen molar-refractivity contribution in [2.75, 3.05) is 11.1 Å². The van der Waals surface area contributed by atoms with Gasteiger partial charge in [0.05, 0.1) is 11.4 Å². The predicted molar refractivity (Wildman–Crippen MR) is 100 cm³/mol. The summed E-state index contributed by atoms with van der Waals surface area (Å²) in [6, 6.07) is 13.8. The van der Waals surface area contributed by atoms with E-state index in [-0.39, 0.29) is 11.7 Å². The molecule has 2 rings (SSSR count). The summed E-state index contributed by atoms with van der Waals surface area (Å²) in [6.45, 7) is 8.01. The SMILES string of the molecule is CC.CC(C)CC(=O)c1ccc(C(=O)Nc2ccccc2N)cc1. The highest BCUT2D eigenvalue weighted by atomic mass is 16.1. The molecule has 2 aromatic carbocycles. The fourth-order valence-electron chi connectivity index (χ4n) is 2.10. The lowest BCUT2D eigenvalue weighted by Crippen LogP contribution is -2.13. The third-order valence-corrected chi connectivity index (χ3v) is 3.27. The molecule has 0 bridgehead atoms. The predicted octanol–water partition coefficient (Wildman–Crippen LogP) is 4.78. The van der Waals surface area contributed by atoms with Gasteiger partial charge in [0.15, 0.2) is 5.78 Å². The first-order chi connectivity index (χ1) is 11.5. The van der Waals surface area contributed by atoms with Crippen molar-refractivity contribution in [1.82, 2.24) is 0 Å². The third kappa shape index (κ3) is 5.54. The van der Waals surface area contributed by atoms with E-state index in [1.807, 2.05) is 27.7 Å². The molecule has 0 radical (unpaired) electrons. The summed E-state index contributed by atoms with van der Waals surface area (Å²) in [6.07, 6.45) is 0.506. The van der Waals surface area contributed by atoms with Crippen LogP contribution in [0.3, 0.4) is 0 Å². The van der Waals surface area contributed by atoms with Gasteiger partial charge in [-0.2, -0.15) is 0 Å². The minimum Gasteiger partial charge on any atom is -0.397 e. The van der Waals surface area contributed by atoms with Gasteiger partial charge in [0, 0.05) is 17.5 Å². The Bertz CT molecular complexity index is 676. The first-order valence-corrected chi connectivity index (χ1v) is 8.26. The molecule has 24 heavy (non-hydrogen) atoms. The maximum absolute atomic E-state index is 12.2. The monoisotopic (exact) mass is 326 g/mol. The van der Waals surface area contributed by atoms with E-state index in [0.717, 1.165) is 0 Å². The van der Waals surface area contributed by atoms with E-state index in [0.29, 0.717) is 34.8 Å². The number of ketones is 1. The number of carbonyl (C=O) groups is 2. The summed E-state index contributed by atoms with van der Waals surface area (Å²) in [4.78, 5) is 24.1. The Kier molecular flexibility index (Phi) is 7.69. The van der Waals surface area contributed by atoms with E-state index >= 15 is 0 Å². The van der Waals surface area contributed by atoms with Crippen molar-refractivity contribution in [3.05, 3.63) is 59.7 Å². The van der Waals surface area contributed by atoms with E-state index in [9.17, 15) is 9.59 Å². The average Bonchev–Trinajstić information content (AvgIpc) is 2.58. The van der Waals surface area contributed by atoms with Gasteiger partial charge in [0.2, 0.25) is 0 Å². The molecule has 0 saturated heterocycles. The van der Waals surface area contributed by atoms with E-state index in [2.05, 4.69) is 5.32 Å². The Morgan fingerprint density at radius 1 is 0.958 bits per heavy atom. The number of rotatable bonds is 5. The molecule has 0 fully saturated rings. The number of anilines is 2. The maximum atomic E-state index is 12.2. The summed E-state index contributed by atoms with van der Waals surface area (Å²) in [5.41, 5.74) is 8.01. The molecule has 128 valence electrons. The number of carbonyl (C=O) groups excluding carboxylic acids is 2. The lowest BCUT2D eigenvalue weighted by atomic mass is 10.0. The Hall–Kier alpha value is -2.62. The third-order valence-electron chi connectivity index (χ3n) is 3.27. The van der Waals surface area contributed by atoms with Crippen LogP contribution in [0, 0.1) is 5.92 Å². The molecule has 0 aliphatic rings. The van der Waals surface area contributed by atoms with Crippen LogP contribution in [0.25, 0.3) is 0 Å². The largest absolute Gasteiger partial charge is 0.397 e. The van der Waals surface area contributed by atoms with Crippen molar-refractivity contribution < 1.29 is 9.59 Å². The van der Waals surface area contributed by atoms with Crippen LogP contribution in [-0.4, -0.2) is 11.7 Å². The number of nitrogens with two attached hydrogens (primary N) is 1. The van der Waals surface area contributed by atoms with Crippen LogP contribution in [0.1, 0.15) is 54.8 Å². The van der Waals surface area contributed by atoms with Gasteiger partial charge in [0.25, 0.3) is 5.91 Å². The zero-order valence-corrected chi connectivity index (χ0v) is 14.8. The van der Waals surface area contributed by atoms with Crippen molar-refractivity contribution in [2.45, 2.75) is 34.1 Å². The summed E-state index contributed by atoms with van der Waals surface area (Å²) in [7, 11) is 0. The second-order valence-electron chi connectivity index (χ2n) is 5.64. The maximum Gasteiger partial charge on any atom is 0.255 e. The molecule has 0 aliphatic heterocycles. The normalized spacial score (nSPS) is 9.88. The molecule has 0 aromatic heterocycles. The highest BCUT2D eigenvalue weighted by molar-refractivity contribution is 6.06. The van der Waals surface area contributed by atoms with Gasteiger partial charge in [-0.15, -0.1) is 0 Å². The molecule has 0 unspecified atom stereocenters.